The van der Waals surface area contributed by atoms with Crippen LogP contribution >= 0.6 is 11.6 Å². The standard InChI is InChI=1S/C25H25F3N6O.C22H23F3N6.C3H3ClO/c1-3-22(35)30-19-6-4-5-17(15-19)25(27,28)23-21(26)16-29-24(32-23)31-18-7-9-20(10-8-18)34-13-11-33(2)12-14-34;1-30-9-11-31(12-10-30)18-7-5-17(6-8-18)28-21-27-14-19(23)20(29-21)22(24,25)15-3-2-4-16(26)13-15;1-2-3(4)5/h3-10,15-16H,1,11-14H2,2H3,(H,30,35)(H,29,31,32);2-8,13-14H,9-12,26H2,1H3,(H,27,28,29);2H,1H2. The van der Waals surface area contributed by atoms with Crippen molar-refractivity contribution in [3.63, 3.8) is 0 Å². The van der Waals surface area contributed by atoms with Gasteiger partial charge in [-0.05, 0) is 111 Å². The van der Waals surface area contributed by atoms with E-state index >= 15 is 8.78 Å². The lowest BCUT2D eigenvalue weighted by atomic mass is 10.0. The molecule has 0 unspecified atom stereocenters. The van der Waals surface area contributed by atoms with Crippen LogP contribution in [0.25, 0.3) is 0 Å². The van der Waals surface area contributed by atoms with Gasteiger partial charge in [-0.2, -0.15) is 17.6 Å². The van der Waals surface area contributed by atoms with Crippen LogP contribution in [-0.2, 0) is 21.4 Å². The maximum Gasteiger partial charge on any atom is 0.318 e. The van der Waals surface area contributed by atoms with Crippen molar-refractivity contribution in [3.8, 4) is 0 Å². The first-order valence-corrected chi connectivity index (χ1v) is 22.4. The summed E-state index contributed by atoms with van der Waals surface area (Å²) < 4.78 is 89.0. The number of carbonyl (C=O) groups is 2. The summed E-state index contributed by atoms with van der Waals surface area (Å²) in [6, 6.07) is 25.1. The van der Waals surface area contributed by atoms with E-state index in [1.54, 1.807) is 12.1 Å². The Labute approximate surface area is 411 Å². The molecule has 0 aliphatic carbocycles. The number of piperazine rings is 2. The number of nitrogens with zero attached hydrogens (tertiary/aromatic N) is 8. The van der Waals surface area contributed by atoms with Crippen molar-refractivity contribution in [1.29, 1.82) is 0 Å². The van der Waals surface area contributed by atoms with Gasteiger partial charge < -0.3 is 41.3 Å². The molecule has 6 aromatic rings. The number of amides is 1. The third-order valence-electron chi connectivity index (χ3n) is 11.2. The van der Waals surface area contributed by atoms with Gasteiger partial charge in [0.1, 0.15) is 0 Å². The van der Waals surface area contributed by atoms with Crippen LogP contribution in [0.4, 0.5) is 72.4 Å². The van der Waals surface area contributed by atoms with Gasteiger partial charge >= 0.3 is 11.8 Å². The number of aromatic nitrogens is 4. The van der Waals surface area contributed by atoms with E-state index in [4.69, 9.17) is 17.3 Å². The molecule has 0 atom stereocenters. The highest BCUT2D eigenvalue weighted by atomic mass is 35.5. The molecule has 0 saturated carbocycles. The predicted molar refractivity (Wildman–Crippen MR) is 266 cm³/mol. The first-order chi connectivity index (χ1) is 33.9. The Hall–Kier alpha value is -7.55. The average Bonchev–Trinajstić information content (AvgIpc) is 3.36. The molecular formula is C50H51ClF6N12O2. The number of benzene rings is 4. The summed E-state index contributed by atoms with van der Waals surface area (Å²) in [6.07, 6.45) is 3.51. The van der Waals surface area contributed by atoms with Gasteiger partial charge in [-0.25, -0.2) is 28.7 Å². The molecular weight excluding hydrogens is 950 g/mol. The van der Waals surface area contributed by atoms with E-state index in [0.29, 0.717) is 17.6 Å². The number of carbonyl (C=O) groups excluding carboxylic acids is 2. The number of halogens is 7. The molecule has 5 N–H and O–H groups in total. The largest absolute Gasteiger partial charge is 0.399 e. The Bertz CT molecular complexity index is 2790. The van der Waals surface area contributed by atoms with Crippen LogP contribution in [0, 0.1) is 11.6 Å². The first kappa shape index (κ1) is 52.8. The molecule has 372 valence electrons. The maximum atomic E-state index is 15.3. The molecule has 71 heavy (non-hydrogen) atoms. The quantitative estimate of drug-likeness (QED) is 0.0376. The number of nitrogen functional groups attached to an aromatic ring is 1. The number of hydrogen-bond acceptors (Lipinski definition) is 13. The third kappa shape index (κ3) is 14.3. The number of alkyl halides is 4. The summed E-state index contributed by atoms with van der Waals surface area (Å²) in [4.78, 5) is 45.2. The van der Waals surface area contributed by atoms with Gasteiger partial charge in [0.2, 0.25) is 23.0 Å². The lowest BCUT2D eigenvalue weighted by molar-refractivity contribution is -0.112. The summed E-state index contributed by atoms with van der Waals surface area (Å²) in [5.41, 5.74) is 6.16. The monoisotopic (exact) mass is 1000 g/mol. The van der Waals surface area contributed by atoms with Gasteiger partial charge in [0, 0.05) is 97.6 Å². The second-order valence-corrected chi connectivity index (χ2v) is 16.6. The van der Waals surface area contributed by atoms with Crippen molar-refractivity contribution in [1.82, 2.24) is 29.7 Å². The highest BCUT2D eigenvalue weighted by molar-refractivity contribution is 6.66. The van der Waals surface area contributed by atoms with Crippen molar-refractivity contribution in [2.75, 3.05) is 97.9 Å². The molecule has 14 nitrogen and oxygen atoms in total. The highest BCUT2D eigenvalue weighted by Gasteiger charge is 2.40. The number of hydrogen-bond donors (Lipinski definition) is 4. The normalized spacial score (nSPS) is 14.2. The van der Waals surface area contributed by atoms with Gasteiger partial charge in [0.15, 0.2) is 23.0 Å². The zero-order valence-electron chi connectivity index (χ0n) is 38.7. The average molecular weight is 1000 g/mol. The number of likely N-dealkylation sites (N-methyl/N-ethyl adjacent to an activating group) is 2. The lowest BCUT2D eigenvalue weighted by Gasteiger charge is -2.34. The Kier molecular flexibility index (Phi) is 17.7. The zero-order valence-corrected chi connectivity index (χ0v) is 39.5. The van der Waals surface area contributed by atoms with E-state index in [2.05, 4.69) is 82.7 Å². The zero-order chi connectivity index (χ0) is 51.3. The van der Waals surface area contributed by atoms with E-state index in [9.17, 15) is 27.2 Å². The molecule has 2 aliphatic rings. The molecule has 2 saturated heterocycles. The van der Waals surface area contributed by atoms with E-state index in [1.165, 1.54) is 30.3 Å². The fourth-order valence-electron chi connectivity index (χ4n) is 7.19. The van der Waals surface area contributed by atoms with Crippen LogP contribution < -0.4 is 31.5 Å². The van der Waals surface area contributed by atoms with Crippen molar-refractivity contribution in [2.24, 2.45) is 0 Å². The van der Waals surface area contributed by atoms with E-state index < -0.39 is 57.1 Å². The number of nitrogens with two attached hydrogens (primary N) is 1. The summed E-state index contributed by atoms with van der Waals surface area (Å²) in [5.74, 6) is -10.7. The van der Waals surface area contributed by atoms with Crippen molar-refractivity contribution in [3.05, 3.63) is 169 Å². The molecule has 2 aliphatic heterocycles. The number of nitrogens with one attached hydrogen (secondary N) is 3. The fourth-order valence-corrected chi connectivity index (χ4v) is 7.19. The molecule has 0 radical (unpaired) electrons. The lowest BCUT2D eigenvalue weighted by Crippen LogP contribution is -2.44. The highest BCUT2D eigenvalue weighted by Crippen LogP contribution is 2.39. The Morgan fingerprint density at radius 3 is 1.42 bits per heavy atom. The Morgan fingerprint density at radius 2 is 1.03 bits per heavy atom. The van der Waals surface area contributed by atoms with Crippen LogP contribution in [0.2, 0.25) is 0 Å². The molecule has 0 spiro atoms. The number of rotatable bonds is 13. The summed E-state index contributed by atoms with van der Waals surface area (Å²) in [7, 11) is 4.18. The van der Waals surface area contributed by atoms with Crippen molar-refractivity contribution >= 4 is 68.8 Å². The molecule has 4 aromatic carbocycles. The van der Waals surface area contributed by atoms with Crippen LogP contribution in [0.1, 0.15) is 22.5 Å². The number of anilines is 8. The second-order valence-electron chi connectivity index (χ2n) is 16.3. The predicted octanol–water partition coefficient (Wildman–Crippen LogP) is 9.15. The molecule has 4 heterocycles. The molecule has 8 rings (SSSR count). The van der Waals surface area contributed by atoms with E-state index in [-0.39, 0.29) is 23.3 Å². The van der Waals surface area contributed by atoms with Crippen molar-refractivity contribution < 1.29 is 35.9 Å². The topological polar surface area (TPSA) is 161 Å². The van der Waals surface area contributed by atoms with Gasteiger partial charge in [-0.15, -0.1) is 0 Å². The van der Waals surface area contributed by atoms with E-state index in [0.717, 1.165) is 100 Å². The van der Waals surface area contributed by atoms with Gasteiger partial charge in [-0.3, -0.25) is 9.59 Å². The van der Waals surface area contributed by atoms with Gasteiger partial charge in [-0.1, -0.05) is 37.4 Å². The summed E-state index contributed by atoms with van der Waals surface area (Å²) in [6.45, 7) is 14.1. The Balaban J connectivity index is 0.000000213. The van der Waals surface area contributed by atoms with Crippen LogP contribution in [-0.4, -0.2) is 107 Å². The van der Waals surface area contributed by atoms with Gasteiger partial charge in [0.25, 0.3) is 0 Å². The smallest absolute Gasteiger partial charge is 0.318 e. The number of allylic oxidation sites excluding steroid dienone is 1. The minimum Gasteiger partial charge on any atom is -0.399 e. The van der Waals surface area contributed by atoms with Crippen molar-refractivity contribution in [2.45, 2.75) is 11.8 Å². The molecule has 0 bridgehead atoms. The third-order valence-corrected chi connectivity index (χ3v) is 11.3. The van der Waals surface area contributed by atoms with Gasteiger partial charge in [0.05, 0.1) is 12.4 Å². The molecule has 2 aromatic heterocycles. The van der Waals surface area contributed by atoms with Crippen LogP contribution in [0.15, 0.2) is 135 Å². The molecule has 1 amide bonds. The summed E-state index contributed by atoms with van der Waals surface area (Å²) in [5, 5.41) is 7.63. The van der Waals surface area contributed by atoms with E-state index in [1.807, 2.05) is 36.4 Å². The minimum atomic E-state index is -3.77. The first-order valence-electron chi connectivity index (χ1n) is 22.0. The Morgan fingerprint density at radius 1 is 0.620 bits per heavy atom. The molecule has 2 fully saturated rings. The van der Waals surface area contributed by atoms with Crippen LogP contribution in [0.3, 0.4) is 0 Å². The fraction of sp³-hybridized carbons (Fsp3) is 0.240. The minimum absolute atomic E-state index is 0.118. The van der Waals surface area contributed by atoms with Crippen LogP contribution in [0.5, 0.6) is 0 Å². The SMILES string of the molecule is C=CC(=O)Cl.C=CC(=O)Nc1cccc(C(F)(F)c2nc(Nc3ccc(N4CCN(C)CC4)cc3)ncc2F)c1.CN1CCN(c2ccc(Nc3ncc(F)c(C(F)(F)c4cccc(N)c4)n3)cc2)CC1. The molecule has 21 heteroatoms. The maximum absolute atomic E-state index is 15.3. The summed E-state index contributed by atoms with van der Waals surface area (Å²) >= 11 is 4.71. The second kappa shape index (κ2) is 23.8.